The van der Waals surface area contributed by atoms with E-state index in [0.29, 0.717) is 0 Å². The predicted octanol–water partition coefficient (Wildman–Crippen LogP) is 2.22. The lowest BCUT2D eigenvalue weighted by Crippen LogP contribution is -2.50. The van der Waals surface area contributed by atoms with Gasteiger partial charge in [-0.1, -0.05) is 39.5 Å². The zero-order valence-corrected chi connectivity index (χ0v) is 8.23. The third-order valence-electron chi connectivity index (χ3n) is 2.41. The molecule has 0 heterocycles. The first-order valence-electron chi connectivity index (χ1n) is 5.14. The maximum absolute atomic E-state index is 3.87. The molecule has 1 atom stereocenters. The van der Waals surface area contributed by atoms with E-state index in [4.69, 9.17) is 0 Å². The summed E-state index contributed by atoms with van der Waals surface area (Å²) in [6.45, 7) is 5.69. The second-order valence-electron chi connectivity index (χ2n) is 3.41. The van der Waals surface area contributed by atoms with Crippen LogP contribution in [0.15, 0.2) is 0 Å². The lowest BCUT2D eigenvalue weighted by molar-refractivity contribution is -0.368. The number of unbranched alkanes of at least 4 members (excludes halogenated alkanes) is 1. The van der Waals surface area contributed by atoms with Crippen LogP contribution >= 0.6 is 0 Å². The van der Waals surface area contributed by atoms with Gasteiger partial charge in [-0.05, 0) is 18.8 Å². The van der Waals surface area contributed by atoms with Crippen LogP contribution in [0.2, 0.25) is 0 Å². The van der Waals surface area contributed by atoms with Crippen molar-refractivity contribution in [3.05, 3.63) is 0 Å². The van der Waals surface area contributed by atoms with Crippen LogP contribution < -0.4 is 5.73 Å². The van der Waals surface area contributed by atoms with E-state index < -0.39 is 0 Å². The molecule has 0 aliphatic heterocycles. The molecule has 0 aromatic carbocycles. The molecule has 0 rings (SSSR count). The van der Waals surface area contributed by atoms with Crippen molar-refractivity contribution in [2.45, 2.75) is 52.4 Å². The van der Waals surface area contributed by atoms with Gasteiger partial charge >= 0.3 is 0 Å². The highest BCUT2D eigenvalue weighted by atomic mass is 14.5. The third-order valence-corrected chi connectivity index (χ3v) is 2.41. The maximum atomic E-state index is 3.87. The smallest absolute Gasteiger partial charge is 0.0739 e. The Balaban J connectivity index is 3.25. The molecule has 0 radical (unpaired) electrons. The Bertz CT molecular complexity index is 63.3. The molecule has 0 fully saturated rings. The fraction of sp³-hybridized carbons (Fsp3) is 1.00. The first-order valence-corrected chi connectivity index (χ1v) is 5.14. The van der Waals surface area contributed by atoms with Crippen molar-refractivity contribution in [3.8, 4) is 0 Å². The van der Waals surface area contributed by atoms with Gasteiger partial charge < -0.3 is 5.73 Å². The minimum absolute atomic E-state index is 0.983. The highest BCUT2D eigenvalue weighted by Crippen LogP contribution is 2.17. The van der Waals surface area contributed by atoms with Gasteiger partial charge in [-0.15, -0.1) is 0 Å². The average molecular weight is 158 g/mol. The van der Waals surface area contributed by atoms with Crippen molar-refractivity contribution < 1.29 is 5.73 Å². The quantitative estimate of drug-likeness (QED) is 0.588. The molecule has 0 aromatic heterocycles. The molecular weight excluding hydrogens is 134 g/mol. The van der Waals surface area contributed by atoms with Crippen LogP contribution in [0.4, 0.5) is 0 Å². The van der Waals surface area contributed by atoms with Gasteiger partial charge in [0.05, 0.1) is 6.54 Å². The van der Waals surface area contributed by atoms with Gasteiger partial charge in [-0.25, -0.2) is 0 Å². The van der Waals surface area contributed by atoms with Gasteiger partial charge in [0.25, 0.3) is 0 Å². The zero-order valence-electron chi connectivity index (χ0n) is 8.23. The molecule has 11 heavy (non-hydrogen) atoms. The summed E-state index contributed by atoms with van der Waals surface area (Å²) in [5.74, 6) is 0.983. The van der Waals surface area contributed by atoms with E-state index in [-0.39, 0.29) is 0 Å². The van der Waals surface area contributed by atoms with E-state index in [9.17, 15) is 0 Å². The summed E-state index contributed by atoms with van der Waals surface area (Å²) in [6, 6.07) is 0. The summed E-state index contributed by atoms with van der Waals surface area (Å²) < 4.78 is 0. The molecule has 1 unspecified atom stereocenters. The van der Waals surface area contributed by atoms with E-state index in [1.165, 1.54) is 38.5 Å². The van der Waals surface area contributed by atoms with Gasteiger partial charge in [-0.3, -0.25) is 0 Å². The Morgan fingerprint density at radius 2 is 1.73 bits per heavy atom. The number of rotatable bonds is 7. The van der Waals surface area contributed by atoms with E-state index in [1.54, 1.807) is 0 Å². The number of hydrogen-bond acceptors (Lipinski definition) is 0. The monoisotopic (exact) mass is 158 g/mol. The Morgan fingerprint density at radius 1 is 1.09 bits per heavy atom. The van der Waals surface area contributed by atoms with Crippen molar-refractivity contribution in [2.24, 2.45) is 5.92 Å². The molecule has 0 spiro atoms. The number of hydrogen-bond donors (Lipinski definition) is 1. The van der Waals surface area contributed by atoms with E-state index in [1.807, 2.05) is 0 Å². The van der Waals surface area contributed by atoms with Crippen molar-refractivity contribution >= 4 is 0 Å². The molecule has 3 N–H and O–H groups in total. The second kappa shape index (κ2) is 8.06. The van der Waals surface area contributed by atoms with E-state index >= 15 is 0 Å². The summed E-state index contributed by atoms with van der Waals surface area (Å²) in [5.41, 5.74) is 3.87. The van der Waals surface area contributed by atoms with Gasteiger partial charge in [-0.2, -0.15) is 0 Å². The molecule has 0 bridgehead atoms. The first-order chi connectivity index (χ1) is 5.35. The van der Waals surface area contributed by atoms with Crippen molar-refractivity contribution in [1.29, 1.82) is 0 Å². The molecular formula is C10H24N+. The van der Waals surface area contributed by atoms with E-state index in [0.717, 1.165) is 12.5 Å². The summed E-state index contributed by atoms with van der Waals surface area (Å²) in [7, 11) is 0. The Hall–Kier alpha value is -0.0400. The van der Waals surface area contributed by atoms with Gasteiger partial charge in [0.15, 0.2) is 0 Å². The fourth-order valence-corrected chi connectivity index (χ4v) is 1.48. The molecule has 0 saturated carbocycles. The Labute approximate surface area is 71.4 Å². The first kappa shape index (κ1) is 11.0. The lowest BCUT2D eigenvalue weighted by Gasteiger charge is -2.12. The van der Waals surface area contributed by atoms with Crippen LogP contribution in [0.1, 0.15) is 52.4 Å². The summed E-state index contributed by atoms with van der Waals surface area (Å²) in [6.07, 6.45) is 8.28. The minimum atomic E-state index is 0.983. The van der Waals surface area contributed by atoms with Crippen LogP contribution in [0, 0.1) is 5.92 Å². The van der Waals surface area contributed by atoms with Crippen LogP contribution in [-0.4, -0.2) is 6.54 Å². The highest BCUT2D eigenvalue weighted by Gasteiger charge is 2.04. The van der Waals surface area contributed by atoms with Crippen LogP contribution in [0.25, 0.3) is 0 Å². The lowest BCUT2D eigenvalue weighted by atomic mass is 9.94. The normalized spacial score (nSPS) is 13.4. The molecule has 1 nitrogen and oxygen atoms in total. The molecule has 0 aliphatic rings. The van der Waals surface area contributed by atoms with E-state index in [2.05, 4.69) is 19.6 Å². The van der Waals surface area contributed by atoms with Crippen LogP contribution in [0.3, 0.4) is 0 Å². The summed E-state index contributed by atoms with van der Waals surface area (Å²) in [4.78, 5) is 0. The van der Waals surface area contributed by atoms with Crippen molar-refractivity contribution in [2.75, 3.05) is 6.54 Å². The molecule has 0 aliphatic carbocycles. The molecule has 1 heteroatoms. The van der Waals surface area contributed by atoms with Gasteiger partial charge in [0.2, 0.25) is 0 Å². The predicted molar refractivity (Wildman–Crippen MR) is 50.3 cm³/mol. The average Bonchev–Trinajstić information content (AvgIpc) is 2.05. The third kappa shape index (κ3) is 6.36. The zero-order chi connectivity index (χ0) is 8.53. The largest absolute Gasteiger partial charge is 0.358 e. The number of quaternary nitrogens is 1. The second-order valence-corrected chi connectivity index (χ2v) is 3.41. The van der Waals surface area contributed by atoms with Crippen LogP contribution in [-0.2, 0) is 0 Å². The highest BCUT2D eigenvalue weighted by molar-refractivity contribution is 4.56. The molecule has 0 aromatic rings. The summed E-state index contributed by atoms with van der Waals surface area (Å²) >= 11 is 0. The van der Waals surface area contributed by atoms with Crippen molar-refractivity contribution in [1.82, 2.24) is 0 Å². The topological polar surface area (TPSA) is 27.6 Å². The molecule has 0 amide bonds. The molecule has 0 saturated heterocycles. The van der Waals surface area contributed by atoms with Gasteiger partial charge in [0.1, 0.15) is 0 Å². The van der Waals surface area contributed by atoms with Crippen LogP contribution in [0.5, 0.6) is 0 Å². The maximum Gasteiger partial charge on any atom is 0.0739 e. The van der Waals surface area contributed by atoms with Crippen molar-refractivity contribution in [3.63, 3.8) is 0 Å². The SMILES string of the molecule is CCCCC(CC)CCC[NH3+]. The fourth-order valence-electron chi connectivity index (χ4n) is 1.48. The standard InChI is InChI=1S/C10H23N/c1-3-5-7-10(4-2)8-6-9-11/h10H,3-9,11H2,1-2H3/p+1. The minimum Gasteiger partial charge on any atom is -0.358 e. The Morgan fingerprint density at radius 3 is 2.18 bits per heavy atom. The Kier molecular flexibility index (Phi) is 8.03. The summed E-state index contributed by atoms with van der Waals surface area (Å²) in [5, 5.41) is 0. The molecule has 68 valence electrons. The van der Waals surface area contributed by atoms with Gasteiger partial charge in [0, 0.05) is 0 Å².